The van der Waals surface area contributed by atoms with Crippen LogP contribution < -0.4 is 5.32 Å². The van der Waals surface area contributed by atoms with Crippen LogP contribution in [0.1, 0.15) is 10.6 Å². The molecule has 0 fully saturated rings. The normalized spacial score (nSPS) is 10.4. The number of furan rings is 1. The van der Waals surface area contributed by atoms with Gasteiger partial charge in [0.15, 0.2) is 10.9 Å². The van der Waals surface area contributed by atoms with Crippen LogP contribution in [0.3, 0.4) is 0 Å². The molecule has 3 aromatic rings. The molecule has 1 N–H and O–H groups in total. The summed E-state index contributed by atoms with van der Waals surface area (Å²) in [5.74, 6) is -0.143. The van der Waals surface area contributed by atoms with Crippen molar-refractivity contribution in [1.82, 2.24) is 9.97 Å². The number of amides is 1. The molecule has 5 nitrogen and oxygen atoms in total. The molecule has 3 heterocycles. The molecule has 100 valence electrons. The first-order chi connectivity index (χ1) is 9.74. The number of hydrogen-bond donors (Lipinski definition) is 1. The summed E-state index contributed by atoms with van der Waals surface area (Å²) >= 11 is 7.32. The van der Waals surface area contributed by atoms with Crippen molar-refractivity contribution >= 4 is 33.8 Å². The number of rotatable bonds is 3. The van der Waals surface area contributed by atoms with E-state index in [-0.39, 0.29) is 16.8 Å². The van der Waals surface area contributed by atoms with Gasteiger partial charge in [-0.25, -0.2) is 4.98 Å². The molecule has 0 radical (unpaired) electrons. The highest BCUT2D eigenvalue weighted by molar-refractivity contribution is 7.19. The predicted octanol–water partition coefficient (Wildman–Crippen LogP) is 3.70. The van der Waals surface area contributed by atoms with Crippen LogP contribution in [0.25, 0.3) is 10.6 Å². The van der Waals surface area contributed by atoms with Crippen molar-refractivity contribution in [3.8, 4) is 10.6 Å². The smallest absolute Gasteiger partial charge is 0.292 e. The van der Waals surface area contributed by atoms with Gasteiger partial charge in [-0.2, -0.15) is 0 Å². The molecule has 0 saturated heterocycles. The Morgan fingerprint density at radius 1 is 1.35 bits per heavy atom. The Hall–Kier alpha value is -2.18. The minimum absolute atomic E-state index is 0.220. The highest BCUT2D eigenvalue weighted by atomic mass is 35.5. The van der Waals surface area contributed by atoms with Crippen LogP contribution in [0, 0.1) is 0 Å². The Morgan fingerprint density at radius 2 is 2.25 bits per heavy atom. The van der Waals surface area contributed by atoms with Crippen LogP contribution >= 0.6 is 22.9 Å². The van der Waals surface area contributed by atoms with E-state index in [0.717, 1.165) is 5.56 Å². The molecule has 3 rings (SSSR count). The number of carbonyl (C=O) groups is 1. The van der Waals surface area contributed by atoms with E-state index in [0.29, 0.717) is 10.0 Å². The lowest BCUT2D eigenvalue weighted by Crippen LogP contribution is -2.09. The number of aromatic nitrogens is 2. The number of nitrogens with one attached hydrogen (secondary N) is 1. The molecule has 0 bridgehead atoms. The summed E-state index contributed by atoms with van der Waals surface area (Å²) in [6.45, 7) is 0. The van der Waals surface area contributed by atoms with Gasteiger partial charge in [0, 0.05) is 18.0 Å². The molecule has 3 aromatic heterocycles. The third-order valence-corrected chi connectivity index (χ3v) is 3.87. The fourth-order valence-electron chi connectivity index (χ4n) is 1.56. The van der Waals surface area contributed by atoms with E-state index < -0.39 is 0 Å². The molecular formula is C13H8ClN3O2S. The van der Waals surface area contributed by atoms with Gasteiger partial charge in [-0.1, -0.05) is 22.9 Å². The van der Waals surface area contributed by atoms with Crippen molar-refractivity contribution in [2.75, 3.05) is 5.32 Å². The fourth-order valence-corrected chi connectivity index (χ4v) is 2.70. The van der Waals surface area contributed by atoms with Crippen molar-refractivity contribution in [2.45, 2.75) is 0 Å². The monoisotopic (exact) mass is 305 g/mol. The summed E-state index contributed by atoms with van der Waals surface area (Å²) in [6.07, 6.45) is 4.80. The first-order valence-electron chi connectivity index (χ1n) is 5.65. The van der Waals surface area contributed by atoms with E-state index in [4.69, 9.17) is 16.0 Å². The molecule has 0 unspecified atom stereocenters. The maximum atomic E-state index is 11.9. The molecule has 0 aliphatic rings. The number of halogens is 1. The summed E-state index contributed by atoms with van der Waals surface area (Å²) in [4.78, 5) is 20.1. The molecular weight excluding hydrogens is 298 g/mol. The molecule has 0 aromatic carbocycles. The lowest BCUT2D eigenvalue weighted by molar-refractivity contribution is 0.0997. The van der Waals surface area contributed by atoms with E-state index >= 15 is 0 Å². The lowest BCUT2D eigenvalue weighted by atomic mass is 10.3. The number of nitrogens with zero attached hydrogens (tertiary/aromatic N) is 2. The maximum Gasteiger partial charge on any atom is 0.292 e. The highest BCUT2D eigenvalue weighted by Gasteiger charge is 2.15. The fraction of sp³-hybridized carbons (Fsp3) is 0. The van der Waals surface area contributed by atoms with Crippen molar-refractivity contribution in [3.63, 3.8) is 0 Å². The Morgan fingerprint density at radius 3 is 2.95 bits per heavy atom. The van der Waals surface area contributed by atoms with Gasteiger partial charge in [-0.05, 0) is 24.3 Å². The molecule has 7 heteroatoms. The topological polar surface area (TPSA) is 68.0 Å². The van der Waals surface area contributed by atoms with Crippen molar-refractivity contribution in [2.24, 2.45) is 0 Å². The van der Waals surface area contributed by atoms with E-state index in [2.05, 4.69) is 15.3 Å². The summed E-state index contributed by atoms with van der Waals surface area (Å²) in [5, 5.41) is 4.09. The molecule has 20 heavy (non-hydrogen) atoms. The van der Waals surface area contributed by atoms with Crippen molar-refractivity contribution in [3.05, 3.63) is 53.8 Å². The van der Waals surface area contributed by atoms with E-state index in [9.17, 15) is 4.79 Å². The zero-order valence-corrected chi connectivity index (χ0v) is 11.6. The second kappa shape index (κ2) is 5.44. The second-order valence-electron chi connectivity index (χ2n) is 3.81. The van der Waals surface area contributed by atoms with Gasteiger partial charge < -0.3 is 9.73 Å². The number of hydrogen-bond acceptors (Lipinski definition) is 5. The van der Waals surface area contributed by atoms with Gasteiger partial charge in [-0.3, -0.25) is 9.78 Å². The Bertz CT molecular complexity index is 725. The molecule has 0 atom stereocenters. The first-order valence-corrected chi connectivity index (χ1v) is 6.85. The summed E-state index contributed by atoms with van der Waals surface area (Å²) in [7, 11) is 0. The van der Waals surface area contributed by atoms with Gasteiger partial charge in [0.1, 0.15) is 10.0 Å². The third kappa shape index (κ3) is 2.56. The first kappa shape index (κ1) is 12.8. The van der Waals surface area contributed by atoms with E-state index in [1.807, 2.05) is 12.1 Å². The van der Waals surface area contributed by atoms with Gasteiger partial charge in [0.2, 0.25) is 0 Å². The minimum atomic E-state index is -0.363. The zero-order chi connectivity index (χ0) is 13.9. The second-order valence-corrected chi connectivity index (χ2v) is 5.17. The van der Waals surface area contributed by atoms with Gasteiger partial charge >= 0.3 is 0 Å². The molecule has 0 aliphatic carbocycles. The average molecular weight is 306 g/mol. The SMILES string of the molecule is O=C(Nc1sc(-c2cccnc2)nc1Cl)c1ccco1. The third-order valence-electron chi connectivity index (χ3n) is 2.47. The summed E-state index contributed by atoms with van der Waals surface area (Å²) in [5.41, 5.74) is 0.845. The Labute approximate surface area is 123 Å². The summed E-state index contributed by atoms with van der Waals surface area (Å²) < 4.78 is 5.02. The van der Waals surface area contributed by atoms with Gasteiger partial charge in [0.05, 0.1) is 6.26 Å². The van der Waals surface area contributed by atoms with Crippen molar-refractivity contribution in [1.29, 1.82) is 0 Å². The molecule has 0 aliphatic heterocycles. The number of carbonyl (C=O) groups excluding carboxylic acids is 1. The van der Waals surface area contributed by atoms with E-state index in [1.165, 1.54) is 17.6 Å². The summed E-state index contributed by atoms with van der Waals surface area (Å²) in [6, 6.07) is 6.91. The van der Waals surface area contributed by atoms with Crippen LogP contribution in [0.5, 0.6) is 0 Å². The molecule has 0 spiro atoms. The average Bonchev–Trinajstić information content (AvgIpc) is 3.10. The van der Waals surface area contributed by atoms with Crippen LogP contribution in [0.2, 0.25) is 5.15 Å². The minimum Gasteiger partial charge on any atom is -0.459 e. The van der Waals surface area contributed by atoms with Crippen LogP contribution in [-0.4, -0.2) is 15.9 Å². The zero-order valence-electron chi connectivity index (χ0n) is 10.0. The van der Waals surface area contributed by atoms with Crippen molar-refractivity contribution < 1.29 is 9.21 Å². The lowest BCUT2D eigenvalue weighted by Gasteiger charge is -1.98. The van der Waals surface area contributed by atoms with Gasteiger partial charge in [-0.15, -0.1) is 0 Å². The maximum absolute atomic E-state index is 11.9. The van der Waals surface area contributed by atoms with Crippen LogP contribution in [0.4, 0.5) is 5.00 Å². The quantitative estimate of drug-likeness (QED) is 0.801. The number of thiazole rings is 1. The molecule has 1 amide bonds. The van der Waals surface area contributed by atoms with Crippen LogP contribution in [0.15, 0.2) is 47.3 Å². The largest absolute Gasteiger partial charge is 0.459 e. The van der Waals surface area contributed by atoms with Crippen LogP contribution in [-0.2, 0) is 0 Å². The number of pyridine rings is 1. The Balaban J connectivity index is 1.85. The van der Waals surface area contributed by atoms with E-state index in [1.54, 1.807) is 24.5 Å². The Kier molecular flexibility index (Phi) is 3.49. The standard InChI is InChI=1S/C13H8ClN3O2S/c14-10-13(17-11(18)9-4-2-6-19-9)20-12(16-10)8-3-1-5-15-7-8/h1-7H,(H,17,18). The number of anilines is 1. The highest BCUT2D eigenvalue weighted by Crippen LogP contribution is 2.34. The predicted molar refractivity (Wildman–Crippen MR) is 77.0 cm³/mol. The molecule has 0 saturated carbocycles. The van der Waals surface area contributed by atoms with Gasteiger partial charge in [0.25, 0.3) is 5.91 Å².